The summed E-state index contributed by atoms with van der Waals surface area (Å²) in [7, 11) is 0. The zero-order valence-electron chi connectivity index (χ0n) is 9.89. The second-order valence-electron chi connectivity index (χ2n) is 4.77. The van der Waals surface area contributed by atoms with E-state index in [4.69, 9.17) is 10.8 Å². The van der Waals surface area contributed by atoms with Gasteiger partial charge in [-0.15, -0.1) is 0 Å². The molecule has 3 rings (SSSR count). The molecule has 1 aromatic heterocycles. The number of aromatic amines is 1. The highest BCUT2D eigenvalue weighted by Crippen LogP contribution is 2.24. The number of likely N-dealkylation sites (tertiary alicyclic amines) is 1. The number of amides is 1. The van der Waals surface area contributed by atoms with Gasteiger partial charge in [0.15, 0.2) is 0 Å². The van der Waals surface area contributed by atoms with Gasteiger partial charge in [0.05, 0.1) is 5.56 Å². The predicted octanol–water partition coefficient (Wildman–Crippen LogP) is 0.814. The number of aliphatic hydroxyl groups excluding tert-OH is 1. The third-order valence-corrected chi connectivity index (χ3v) is 3.44. The third kappa shape index (κ3) is 1.64. The number of fused-ring (bicyclic) bond motifs is 1. The smallest absolute Gasteiger partial charge is 0.256 e. The van der Waals surface area contributed by atoms with Crippen molar-refractivity contribution in [1.29, 1.82) is 0 Å². The van der Waals surface area contributed by atoms with Crippen molar-refractivity contribution in [3.63, 3.8) is 0 Å². The number of nitrogens with zero attached hydrogens (tertiary/aromatic N) is 1. The Balaban J connectivity index is 1.88. The van der Waals surface area contributed by atoms with E-state index in [2.05, 4.69) is 4.98 Å². The lowest BCUT2D eigenvalue weighted by Gasteiger charge is -2.38. The first-order valence-corrected chi connectivity index (χ1v) is 5.96. The first-order valence-electron chi connectivity index (χ1n) is 5.96. The van der Waals surface area contributed by atoms with Crippen LogP contribution in [0.15, 0.2) is 24.4 Å². The Hall–Kier alpha value is -2.01. The second-order valence-corrected chi connectivity index (χ2v) is 4.77. The van der Waals surface area contributed by atoms with Crippen molar-refractivity contribution < 1.29 is 9.90 Å². The fourth-order valence-corrected chi connectivity index (χ4v) is 2.34. The summed E-state index contributed by atoms with van der Waals surface area (Å²) in [5, 5.41) is 9.85. The highest BCUT2D eigenvalue weighted by molar-refractivity contribution is 6.07. The Morgan fingerprint density at radius 2 is 2.28 bits per heavy atom. The summed E-state index contributed by atoms with van der Waals surface area (Å²) in [6, 6.07) is 5.47. The number of nitrogens with one attached hydrogen (secondary N) is 1. The Bertz CT molecular complexity index is 599. The van der Waals surface area contributed by atoms with E-state index in [-0.39, 0.29) is 18.4 Å². The normalized spacial score (nSPS) is 15.9. The summed E-state index contributed by atoms with van der Waals surface area (Å²) in [6.07, 6.45) is 1.72. The fraction of sp³-hybridized carbons (Fsp3) is 0.308. The van der Waals surface area contributed by atoms with Crippen LogP contribution >= 0.6 is 0 Å². The van der Waals surface area contributed by atoms with E-state index >= 15 is 0 Å². The highest BCUT2D eigenvalue weighted by atomic mass is 16.3. The van der Waals surface area contributed by atoms with Crippen molar-refractivity contribution in [2.75, 3.05) is 25.4 Å². The van der Waals surface area contributed by atoms with Crippen molar-refractivity contribution in [1.82, 2.24) is 9.88 Å². The van der Waals surface area contributed by atoms with Gasteiger partial charge in [-0.25, -0.2) is 0 Å². The Kier molecular flexibility index (Phi) is 2.48. The molecule has 0 spiro atoms. The molecule has 4 N–H and O–H groups in total. The maximum absolute atomic E-state index is 12.2. The van der Waals surface area contributed by atoms with Gasteiger partial charge in [-0.3, -0.25) is 4.79 Å². The molecule has 2 heterocycles. The number of nitrogens with two attached hydrogens (primary N) is 1. The number of hydrogen-bond donors (Lipinski definition) is 3. The molecule has 1 saturated heterocycles. The monoisotopic (exact) mass is 245 g/mol. The number of nitrogen functional groups attached to an aromatic ring is 1. The zero-order valence-corrected chi connectivity index (χ0v) is 9.89. The molecule has 0 atom stereocenters. The lowest BCUT2D eigenvalue weighted by Crippen LogP contribution is -2.51. The van der Waals surface area contributed by atoms with E-state index in [0.717, 1.165) is 10.9 Å². The van der Waals surface area contributed by atoms with Gasteiger partial charge in [-0.2, -0.15) is 0 Å². The van der Waals surface area contributed by atoms with Crippen LogP contribution < -0.4 is 5.73 Å². The molecular weight excluding hydrogens is 230 g/mol. The van der Waals surface area contributed by atoms with Gasteiger partial charge in [0.2, 0.25) is 0 Å². The molecular formula is C13H15N3O2. The lowest BCUT2D eigenvalue weighted by atomic mass is 10.00. The molecule has 5 nitrogen and oxygen atoms in total. The summed E-state index contributed by atoms with van der Waals surface area (Å²) in [6.45, 7) is 1.42. The van der Waals surface area contributed by atoms with E-state index < -0.39 is 0 Å². The lowest BCUT2D eigenvalue weighted by molar-refractivity contribution is 0.0364. The quantitative estimate of drug-likeness (QED) is 0.685. The highest BCUT2D eigenvalue weighted by Gasteiger charge is 2.31. The minimum atomic E-state index is 0.00993. The summed E-state index contributed by atoms with van der Waals surface area (Å²) in [5.41, 5.74) is 7.91. The average molecular weight is 245 g/mol. The van der Waals surface area contributed by atoms with Gasteiger partial charge in [-0.05, 0) is 18.2 Å². The molecule has 18 heavy (non-hydrogen) atoms. The molecule has 0 saturated carbocycles. The van der Waals surface area contributed by atoms with E-state index in [0.29, 0.717) is 24.3 Å². The van der Waals surface area contributed by atoms with Crippen LogP contribution in [0.4, 0.5) is 5.69 Å². The molecule has 1 aromatic carbocycles. The van der Waals surface area contributed by atoms with Crippen molar-refractivity contribution in [3.05, 3.63) is 30.0 Å². The molecule has 0 aliphatic carbocycles. The molecule has 94 valence electrons. The first-order chi connectivity index (χ1) is 8.69. The van der Waals surface area contributed by atoms with Gasteiger partial charge in [0, 0.05) is 48.4 Å². The number of aliphatic hydroxyl groups is 1. The number of rotatable bonds is 2. The van der Waals surface area contributed by atoms with Crippen LogP contribution in [0.5, 0.6) is 0 Å². The standard InChI is InChI=1S/C13H15N3O2/c14-9-1-2-10-11(4-15-12(10)3-9)13(18)16-5-8(6-16)7-17/h1-4,8,15,17H,5-7,14H2. The van der Waals surface area contributed by atoms with Crippen LogP contribution in [0.2, 0.25) is 0 Å². The van der Waals surface area contributed by atoms with Crippen molar-refractivity contribution in [3.8, 4) is 0 Å². The minimum absolute atomic E-state index is 0.00993. The van der Waals surface area contributed by atoms with Crippen molar-refractivity contribution in [2.45, 2.75) is 0 Å². The molecule has 1 aliphatic rings. The number of benzene rings is 1. The maximum atomic E-state index is 12.2. The van der Waals surface area contributed by atoms with Crippen LogP contribution in [0, 0.1) is 5.92 Å². The Morgan fingerprint density at radius 1 is 1.50 bits per heavy atom. The molecule has 0 unspecified atom stereocenters. The zero-order chi connectivity index (χ0) is 12.7. The van der Waals surface area contributed by atoms with Gasteiger partial charge >= 0.3 is 0 Å². The SMILES string of the molecule is Nc1ccc2c(C(=O)N3CC(CO)C3)c[nH]c2c1. The van der Waals surface area contributed by atoms with E-state index in [1.807, 2.05) is 12.1 Å². The number of anilines is 1. The molecule has 0 radical (unpaired) electrons. The van der Waals surface area contributed by atoms with E-state index in [1.165, 1.54) is 0 Å². The molecule has 5 heteroatoms. The van der Waals surface area contributed by atoms with Crippen LogP contribution in [0.3, 0.4) is 0 Å². The van der Waals surface area contributed by atoms with Crippen LogP contribution in [0.1, 0.15) is 10.4 Å². The number of aromatic nitrogens is 1. The van der Waals surface area contributed by atoms with Gasteiger partial charge in [0.25, 0.3) is 5.91 Å². The summed E-state index contributed by atoms with van der Waals surface area (Å²) < 4.78 is 0. The second kappa shape index (κ2) is 4.03. The molecule has 0 bridgehead atoms. The first kappa shape index (κ1) is 11.1. The van der Waals surface area contributed by atoms with Crippen molar-refractivity contribution >= 4 is 22.5 Å². The summed E-state index contributed by atoms with van der Waals surface area (Å²) in [5.74, 6) is 0.241. The summed E-state index contributed by atoms with van der Waals surface area (Å²) in [4.78, 5) is 17.1. The summed E-state index contributed by atoms with van der Waals surface area (Å²) >= 11 is 0. The number of hydrogen-bond acceptors (Lipinski definition) is 3. The Labute approximate surface area is 104 Å². The van der Waals surface area contributed by atoms with Crippen LogP contribution in [-0.2, 0) is 0 Å². The van der Waals surface area contributed by atoms with Gasteiger partial charge in [0.1, 0.15) is 0 Å². The average Bonchev–Trinajstić information content (AvgIpc) is 2.70. The molecule has 1 aliphatic heterocycles. The molecule has 1 fully saturated rings. The molecule has 1 amide bonds. The predicted molar refractivity (Wildman–Crippen MR) is 69.2 cm³/mol. The van der Waals surface area contributed by atoms with Crippen molar-refractivity contribution in [2.24, 2.45) is 5.92 Å². The molecule has 2 aromatic rings. The van der Waals surface area contributed by atoms with E-state index in [9.17, 15) is 4.79 Å². The fourth-order valence-electron chi connectivity index (χ4n) is 2.34. The van der Waals surface area contributed by atoms with Crippen LogP contribution in [-0.4, -0.2) is 40.6 Å². The van der Waals surface area contributed by atoms with E-state index in [1.54, 1.807) is 17.2 Å². The number of H-pyrrole nitrogens is 1. The minimum Gasteiger partial charge on any atom is -0.399 e. The topological polar surface area (TPSA) is 82.3 Å². The number of carbonyl (C=O) groups is 1. The largest absolute Gasteiger partial charge is 0.399 e. The maximum Gasteiger partial charge on any atom is 0.256 e. The van der Waals surface area contributed by atoms with Gasteiger partial charge in [-0.1, -0.05) is 0 Å². The Morgan fingerprint density at radius 3 is 3.00 bits per heavy atom. The number of carbonyl (C=O) groups excluding carboxylic acids is 1. The van der Waals surface area contributed by atoms with Gasteiger partial charge < -0.3 is 20.7 Å². The van der Waals surface area contributed by atoms with Crippen LogP contribution in [0.25, 0.3) is 10.9 Å². The third-order valence-electron chi connectivity index (χ3n) is 3.44.